The van der Waals surface area contributed by atoms with E-state index in [-0.39, 0.29) is 18.4 Å². The summed E-state index contributed by atoms with van der Waals surface area (Å²) in [6, 6.07) is 16.6. The predicted molar refractivity (Wildman–Crippen MR) is 95.1 cm³/mol. The van der Waals surface area contributed by atoms with Crippen LogP contribution < -0.4 is 10.6 Å². The van der Waals surface area contributed by atoms with Gasteiger partial charge in [-0.05, 0) is 43.2 Å². The lowest BCUT2D eigenvalue weighted by molar-refractivity contribution is -0.114. The van der Waals surface area contributed by atoms with Crippen molar-refractivity contribution in [2.75, 3.05) is 30.3 Å². The van der Waals surface area contributed by atoms with Gasteiger partial charge < -0.3 is 15.5 Å². The number of rotatable bonds is 5. The minimum atomic E-state index is -0.127. The topological polar surface area (TPSA) is 61.4 Å². The molecule has 0 spiro atoms. The second-order valence-electron chi connectivity index (χ2n) is 5.85. The zero-order valence-electron chi connectivity index (χ0n) is 13.5. The monoisotopic (exact) mass is 323 g/mol. The Labute approximate surface area is 141 Å². The van der Waals surface area contributed by atoms with Crippen LogP contribution in [-0.4, -0.2) is 36.3 Å². The van der Waals surface area contributed by atoms with Gasteiger partial charge in [-0.15, -0.1) is 0 Å². The summed E-state index contributed by atoms with van der Waals surface area (Å²) in [6.07, 6.45) is 2.15. The third-order valence-electron chi connectivity index (χ3n) is 4.01. The molecule has 24 heavy (non-hydrogen) atoms. The molecule has 0 atom stereocenters. The van der Waals surface area contributed by atoms with Crippen molar-refractivity contribution < 1.29 is 9.59 Å². The second-order valence-corrected chi connectivity index (χ2v) is 5.85. The van der Waals surface area contributed by atoms with E-state index in [1.807, 2.05) is 53.4 Å². The lowest BCUT2D eigenvalue weighted by Gasteiger charge is -2.16. The first-order valence-electron chi connectivity index (χ1n) is 8.20. The molecule has 2 amide bonds. The van der Waals surface area contributed by atoms with Crippen molar-refractivity contribution in [3.63, 3.8) is 0 Å². The van der Waals surface area contributed by atoms with Crippen molar-refractivity contribution in [2.24, 2.45) is 0 Å². The highest BCUT2D eigenvalue weighted by Crippen LogP contribution is 2.16. The number of likely N-dealkylation sites (tertiary alicyclic amines) is 1. The molecule has 124 valence electrons. The van der Waals surface area contributed by atoms with Crippen LogP contribution >= 0.6 is 0 Å². The summed E-state index contributed by atoms with van der Waals surface area (Å²) in [5.74, 6) is -0.0673. The van der Waals surface area contributed by atoms with Crippen LogP contribution in [0.1, 0.15) is 23.2 Å². The van der Waals surface area contributed by atoms with Crippen LogP contribution in [0.25, 0.3) is 0 Å². The summed E-state index contributed by atoms with van der Waals surface area (Å²) in [5, 5.41) is 5.89. The lowest BCUT2D eigenvalue weighted by Crippen LogP contribution is -2.27. The largest absolute Gasteiger partial charge is 0.376 e. The third-order valence-corrected chi connectivity index (χ3v) is 4.01. The number of hydrogen-bond acceptors (Lipinski definition) is 3. The van der Waals surface area contributed by atoms with Gasteiger partial charge in [0.15, 0.2) is 0 Å². The fourth-order valence-corrected chi connectivity index (χ4v) is 2.77. The van der Waals surface area contributed by atoms with Gasteiger partial charge in [0.05, 0.1) is 6.54 Å². The van der Waals surface area contributed by atoms with Gasteiger partial charge in [-0.2, -0.15) is 0 Å². The van der Waals surface area contributed by atoms with E-state index in [1.165, 1.54) is 0 Å². The molecule has 3 rings (SSSR count). The van der Waals surface area contributed by atoms with Crippen molar-refractivity contribution in [3.8, 4) is 0 Å². The van der Waals surface area contributed by atoms with E-state index in [9.17, 15) is 9.59 Å². The maximum absolute atomic E-state index is 12.4. The molecule has 1 fully saturated rings. The summed E-state index contributed by atoms with van der Waals surface area (Å²) in [4.78, 5) is 26.2. The van der Waals surface area contributed by atoms with Crippen LogP contribution in [0.5, 0.6) is 0 Å². The number of anilines is 2. The fourth-order valence-electron chi connectivity index (χ4n) is 2.77. The molecule has 1 heterocycles. The molecule has 5 nitrogen and oxygen atoms in total. The number of carbonyl (C=O) groups excluding carboxylic acids is 2. The van der Waals surface area contributed by atoms with Gasteiger partial charge in [0.25, 0.3) is 5.91 Å². The molecular weight excluding hydrogens is 302 g/mol. The Kier molecular flexibility index (Phi) is 5.11. The Morgan fingerprint density at radius 3 is 2.38 bits per heavy atom. The van der Waals surface area contributed by atoms with Crippen molar-refractivity contribution >= 4 is 23.2 Å². The molecule has 2 aromatic rings. The lowest BCUT2D eigenvalue weighted by atomic mass is 10.1. The molecule has 0 bridgehead atoms. The van der Waals surface area contributed by atoms with Crippen LogP contribution in [-0.2, 0) is 4.79 Å². The van der Waals surface area contributed by atoms with Gasteiger partial charge in [0.1, 0.15) is 0 Å². The quantitative estimate of drug-likeness (QED) is 0.889. The SMILES string of the molecule is O=C(CNc1cccc(C(=O)N2CCCC2)c1)Nc1ccccc1. The normalized spacial score (nSPS) is 13.6. The summed E-state index contributed by atoms with van der Waals surface area (Å²) in [6.45, 7) is 1.81. The van der Waals surface area contributed by atoms with Gasteiger partial charge >= 0.3 is 0 Å². The molecule has 5 heteroatoms. The van der Waals surface area contributed by atoms with Crippen LogP contribution in [0.3, 0.4) is 0 Å². The highest BCUT2D eigenvalue weighted by atomic mass is 16.2. The first kappa shape index (κ1) is 16.1. The van der Waals surface area contributed by atoms with Crippen LogP contribution in [0.2, 0.25) is 0 Å². The molecule has 0 saturated carbocycles. The van der Waals surface area contributed by atoms with E-state index in [0.29, 0.717) is 5.56 Å². The van der Waals surface area contributed by atoms with Crippen LogP contribution in [0.4, 0.5) is 11.4 Å². The summed E-state index contributed by atoms with van der Waals surface area (Å²) < 4.78 is 0. The Hall–Kier alpha value is -2.82. The molecule has 1 aliphatic rings. The van der Waals surface area contributed by atoms with E-state index in [1.54, 1.807) is 6.07 Å². The fraction of sp³-hybridized carbons (Fsp3) is 0.263. The maximum Gasteiger partial charge on any atom is 0.253 e. The summed E-state index contributed by atoms with van der Waals surface area (Å²) in [5.41, 5.74) is 2.19. The Morgan fingerprint density at radius 2 is 1.62 bits per heavy atom. The zero-order chi connectivity index (χ0) is 16.8. The van der Waals surface area contributed by atoms with E-state index >= 15 is 0 Å². The first-order chi connectivity index (χ1) is 11.7. The van der Waals surface area contributed by atoms with Crippen molar-refractivity contribution in [2.45, 2.75) is 12.8 Å². The summed E-state index contributed by atoms with van der Waals surface area (Å²) in [7, 11) is 0. The zero-order valence-corrected chi connectivity index (χ0v) is 13.5. The van der Waals surface area contributed by atoms with Gasteiger partial charge in [-0.1, -0.05) is 24.3 Å². The molecular formula is C19H21N3O2. The minimum Gasteiger partial charge on any atom is -0.376 e. The summed E-state index contributed by atoms with van der Waals surface area (Å²) >= 11 is 0. The molecule has 0 aliphatic carbocycles. The highest BCUT2D eigenvalue weighted by molar-refractivity contribution is 5.96. The number of nitrogens with zero attached hydrogens (tertiary/aromatic N) is 1. The number of benzene rings is 2. The number of para-hydroxylation sites is 1. The Morgan fingerprint density at radius 1 is 0.917 bits per heavy atom. The maximum atomic E-state index is 12.4. The highest BCUT2D eigenvalue weighted by Gasteiger charge is 2.19. The van der Waals surface area contributed by atoms with Crippen LogP contribution in [0, 0.1) is 0 Å². The van der Waals surface area contributed by atoms with Gasteiger partial charge in [-0.3, -0.25) is 9.59 Å². The standard InChI is InChI=1S/C19H21N3O2/c23-18(21-16-8-2-1-3-9-16)14-20-17-10-6-7-15(13-17)19(24)22-11-4-5-12-22/h1-3,6-10,13,20H,4-5,11-12,14H2,(H,21,23). The molecule has 2 N–H and O–H groups in total. The van der Waals surface area contributed by atoms with Crippen LogP contribution in [0.15, 0.2) is 54.6 Å². The number of carbonyl (C=O) groups is 2. The van der Waals surface area contributed by atoms with Gasteiger partial charge in [0, 0.05) is 30.0 Å². The van der Waals surface area contributed by atoms with E-state index in [4.69, 9.17) is 0 Å². The Bertz CT molecular complexity index is 710. The van der Waals surface area contributed by atoms with Gasteiger partial charge in [-0.25, -0.2) is 0 Å². The minimum absolute atomic E-state index is 0.0601. The number of hydrogen-bond donors (Lipinski definition) is 2. The molecule has 0 radical (unpaired) electrons. The average Bonchev–Trinajstić information content (AvgIpc) is 3.15. The molecule has 2 aromatic carbocycles. The predicted octanol–water partition coefficient (Wildman–Crippen LogP) is 2.97. The average molecular weight is 323 g/mol. The van der Waals surface area contributed by atoms with Crippen molar-refractivity contribution in [1.82, 2.24) is 4.90 Å². The van der Waals surface area contributed by atoms with E-state index in [2.05, 4.69) is 10.6 Å². The molecule has 0 unspecified atom stereocenters. The molecule has 0 aromatic heterocycles. The molecule has 1 aliphatic heterocycles. The van der Waals surface area contributed by atoms with E-state index < -0.39 is 0 Å². The van der Waals surface area contributed by atoms with Gasteiger partial charge in [0.2, 0.25) is 5.91 Å². The third kappa shape index (κ3) is 4.13. The smallest absolute Gasteiger partial charge is 0.253 e. The Balaban J connectivity index is 1.56. The number of nitrogens with one attached hydrogen (secondary N) is 2. The molecule has 1 saturated heterocycles. The van der Waals surface area contributed by atoms with E-state index in [0.717, 1.165) is 37.3 Å². The second kappa shape index (κ2) is 7.64. The van der Waals surface area contributed by atoms with Crippen molar-refractivity contribution in [3.05, 3.63) is 60.2 Å². The number of amides is 2. The first-order valence-corrected chi connectivity index (χ1v) is 8.20. The van der Waals surface area contributed by atoms with Crippen molar-refractivity contribution in [1.29, 1.82) is 0 Å².